The lowest BCUT2D eigenvalue weighted by Gasteiger charge is -2.43. The molecule has 0 radical (unpaired) electrons. The molecule has 3 aliphatic rings. The summed E-state index contributed by atoms with van der Waals surface area (Å²) in [6.45, 7) is 14.8. The molecule has 0 aromatic carbocycles. The van der Waals surface area contributed by atoms with Gasteiger partial charge in [0.15, 0.2) is 0 Å². The van der Waals surface area contributed by atoms with Crippen molar-refractivity contribution >= 4 is 0 Å². The Balaban J connectivity index is 1.68. The van der Waals surface area contributed by atoms with Crippen molar-refractivity contribution < 1.29 is 5.11 Å². The molecular weight excluding hydrogens is 340 g/mol. The molecule has 3 fully saturated rings. The Hall–Kier alpha value is -0.0400. The summed E-state index contributed by atoms with van der Waals surface area (Å²) < 4.78 is 0. The molecule has 1 nitrogen and oxygen atoms in total. The molecule has 0 aromatic heterocycles. The first-order chi connectivity index (χ1) is 13.3. The van der Waals surface area contributed by atoms with Crippen LogP contribution in [0.25, 0.3) is 0 Å². The average molecular weight is 391 g/mol. The lowest BCUT2D eigenvalue weighted by atomic mass is 9.62. The number of aliphatic hydroxyl groups is 1. The molecule has 3 aliphatic carbocycles. The molecule has 0 bridgehead atoms. The van der Waals surface area contributed by atoms with Gasteiger partial charge in [-0.05, 0) is 97.7 Å². The van der Waals surface area contributed by atoms with Crippen LogP contribution in [0.15, 0.2) is 0 Å². The van der Waals surface area contributed by atoms with E-state index in [1.54, 1.807) is 0 Å². The summed E-state index contributed by atoms with van der Waals surface area (Å²) in [7, 11) is 0. The lowest BCUT2D eigenvalue weighted by molar-refractivity contribution is 0.0354. The molecular formula is C27H50O. The molecule has 1 N–H and O–H groups in total. The monoisotopic (exact) mass is 390 g/mol. The highest BCUT2D eigenvalue weighted by Crippen LogP contribution is 2.64. The molecule has 0 spiro atoms. The molecule has 3 rings (SSSR count). The molecule has 6 unspecified atom stereocenters. The van der Waals surface area contributed by atoms with Gasteiger partial charge in [0, 0.05) is 0 Å². The van der Waals surface area contributed by atoms with E-state index in [2.05, 4.69) is 41.5 Å². The maximum Gasteiger partial charge on any atom is 0.0543 e. The standard InChI is InChI=1S/C27H50O/c1-7-9-10-20(18(3)4)15-19(8-2)21-11-13-23-24-14-12-22(28)17-26(24)27(5,6)25(23)16-21/h18-26,28H,7-17H2,1-6H3/t19?,20?,21-,22?,23?,24?,25?,26+/m1/s1. The minimum atomic E-state index is -0.0229. The molecule has 1 heteroatoms. The molecule has 164 valence electrons. The zero-order chi connectivity index (χ0) is 20.5. The van der Waals surface area contributed by atoms with Crippen LogP contribution < -0.4 is 0 Å². The van der Waals surface area contributed by atoms with E-state index in [4.69, 9.17) is 0 Å². The highest BCUT2D eigenvalue weighted by Gasteiger charge is 2.57. The normalized spacial score (nSPS) is 39.4. The van der Waals surface area contributed by atoms with E-state index in [1.165, 1.54) is 57.8 Å². The van der Waals surface area contributed by atoms with E-state index in [0.717, 1.165) is 60.2 Å². The third kappa shape index (κ3) is 4.50. The van der Waals surface area contributed by atoms with Gasteiger partial charge >= 0.3 is 0 Å². The van der Waals surface area contributed by atoms with Gasteiger partial charge in [0.25, 0.3) is 0 Å². The Bertz CT molecular complexity index is 481. The Labute approximate surface area is 176 Å². The maximum absolute atomic E-state index is 10.3. The van der Waals surface area contributed by atoms with Crippen LogP contribution >= 0.6 is 0 Å². The van der Waals surface area contributed by atoms with Gasteiger partial charge in [0.1, 0.15) is 0 Å². The molecule has 0 aliphatic heterocycles. The minimum Gasteiger partial charge on any atom is -0.393 e. The predicted molar refractivity (Wildman–Crippen MR) is 121 cm³/mol. The van der Waals surface area contributed by atoms with Gasteiger partial charge in [-0.2, -0.15) is 0 Å². The van der Waals surface area contributed by atoms with Crippen LogP contribution in [0.5, 0.6) is 0 Å². The summed E-state index contributed by atoms with van der Waals surface area (Å²) in [5, 5.41) is 10.3. The fourth-order valence-corrected chi connectivity index (χ4v) is 8.11. The number of fused-ring (bicyclic) bond motifs is 3. The summed E-state index contributed by atoms with van der Waals surface area (Å²) >= 11 is 0. The number of hydrogen-bond donors (Lipinski definition) is 1. The Morgan fingerprint density at radius 3 is 2.18 bits per heavy atom. The van der Waals surface area contributed by atoms with Crippen LogP contribution in [0.3, 0.4) is 0 Å². The molecule has 0 aromatic rings. The van der Waals surface area contributed by atoms with Crippen molar-refractivity contribution in [3.8, 4) is 0 Å². The molecule has 8 atom stereocenters. The average Bonchev–Trinajstić information content (AvgIpc) is 2.88. The summed E-state index contributed by atoms with van der Waals surface area (Å²) in [5.74, 6) is 7.22. The van der Waals surface area contributed by atoms with Gasteiger partial charge in [0.2, 0.25) is 0 Å². The maximum atomic E-state index is 10.3. The predicted octanol–water partition coefficient (Wildman–Crippen LogP) is 7.71. The van der Waals surface area contributed by atoms with Crippen molar-refractivity contribution in [1.29, 1.82) is 0 Å². The summed E-state index contributed by atoms with van der Waals surface area (Å²) in [4.78, 5) is 0. The largest absolute Gasteiger partial charge is 0.393 e. The second kappa shape index (κ2) is 9.40. The van der Waals surface area contributed by atoms with E-state index in [1.807, 2.05) is 0 Å². The van der Waals surface area contributed by atoms with E-state index in [9.17, 15) is 5.11 Å². The third-order valence-electron chi connectivity index (χ3n) is 9.95. The lowest BCUT2D eigenvalue weighted by Crippen LogP contribution is -2.35. The first-order valence-electron chi connectivity index (χ1n) is 13.0. The van der Waals surface area contributed by atoms with Crippen LogP contribution in [-0.2, 0) is 0 Å². The number of aliphatic hydroxyl groups excluding tert-OH is 1. The van der Waals surface area contributed by atoms with Gasteiger partial charge in [0.05, 0.1) is 6.10 Å². The Morgan fingerprint density at radius 2 is 1.57 bits per heavy atom. The van der Waals surface area contributed by atoms with Gasteiger partial charge in [-0.25, -0.2) is 0 Å². The van der Waals surface area contributed by atoms with Crippen molar-refractivity contribution in [2.75, 3.05) is 0 Å². The molecule has 3 saturated carbocycles. The first kappa shape index (κ1) is 22.6. The molecule has 0 saturated heterocycles. The summed E-state index contributed by atoms with van der Waals surface area (Å²) in [6.07, 6.45) is 14.9. The zero-order valence-corrected chi connectivity index (χ0v) is 19.9. The quantitative estimate of drug-likeness (QED) is 0.450. The van der Waals surface area contributed by atoms with E-state index in [-0.39, 0.29) is 6.10 Å². The number of hydrogen-bond acceptors (Lipinski definition) is 1. The highest BCUT2D eigenvalue weighted by molar-refractivity contribution is 5.06. The number of unbranched alkanes of at least 4 members (excludes halogenated alkanes) is 1. The van der Waals surface area contributed by atoms with Gasteiger partial charge in [-0.3, -0.25) is 0 Å². The SMILES string of the molecule is CCCCC(CC(CC)[C@@H]1CCC2C3CCC(O)C[C@@H]3C(C)(C)C2C1)C(C)C. The van der Waals surface area contributed by atoms with Crippen molar-refractivity contribution in [3.05, 3.63) is 0 Å². The van der Waals surface area contributed by atoms with Crippen molar-refractivity contribution in [2.45, 2.75) is 118 Å². The molecule has 28 heavy (non-hydrogen) atoms. The molecule has 0 heterocycles. The Kier molecular flexibility index (Phi) is 7.60. The van der Waals surface area contributed by atoms with E-state index in [0.29, 0.717) is 5.41 Å². The fourth-order valence-electron chi connectivity index (χ4n) is 8.11. The van der Waals surface area contributed by atoms with Gasteiger partial charge < -0.3 is 5.11 Å². The third-order valence-corrected chi connectivity index (χ3v) is 9.95. The summed E-state index contributed by atoms with van der Waals surface area (Å²) in [5.41, 5.74) is 0.438. The zero-order valence-electron chi connectivity index (χ0n) is 19.9. The van der Waals surface area contributed by atoms with Crippen LogP contribution in [0.4, 0.5) is 0 Å². The van der Waals surface area contributed by atoms with Crippen LogP contribution in [0.2, 0.25) is 0 Å². The number of rotatable bonds is 8. The van der Waals surface area contributed by atoms with Crippen molar-refractivity contribution in [2.24, 2.45) is 52.8 Å². The van der Waals surface area contributed by atoms with Crippen LogP contribution in [0.1, 0.15) is 112 Å². The van der Waals surface area contributed by atoms with Crippen molar-refractivity contribution in [3.63, 3.8) is 0 Å². The van der Waals surface area contributed by atoms with Crippen LogP contribution in [0, 0.1) is 52.8 Å². The molecule has 0 amide bonds. The van der Waals surface area contributed by atoms with Crippen LogP contribution in [-0.4, -0.2) is 11.2 Å². The smallest absolute Gasteiger partial charge is 0.0543 e. The second-order valence-corrected chi connectivity index (χ2v) is 12.0. The minimum absolute atomic E-state index is 0.0229. The summed E-state index contributed by atoms with van der Waals surface area (Å²) in [6, 6.07) is 0. The van der Waals surface area contributed by atoms with Gasteiger partial charge in [-0.15, -0.1) is 0 Å². The van der Waals surface area contributed by atoms with E-state index >= 15 is 0 Å². The Morgan fingerprint density at radius 1 is 0.929 bits per heavy atom. The highest BCUT2D eigenvalue weighted by atomic mass is 16.3. The van der Waals surface area contributed by atoms with Gasteiger partial charge in [-0.1, -0.05) is 67.2 Å². The fraction of sp³-hybridized carbons (Fsp3) is 1.00. The first-order valence-corrected chi connectivity index (χ1v) is 13.0. The second-order valence-electron chi connectivity index (χ2n) is 12.0. The van der Waals surface area contributed by atoms with Crippen molar-refractivity contribution in [1.82, 2.24) is 0 Å². The van der Waals surface area contributed by atoms with E-state index < -0.39 is 0 Å². The topological polar surface area (TPSA) is 20.2 Å².